The molecule has 10 nitrogen and oxygen atoms in total. The lowest BCUT2D eigenvalue weighted by Gasteiger charge is -2.34. The highest BCUT2D eigenvalue weighted by atomic mass is 19.4. The largest absolute Gasteiger partial charge is 0.416 e. The predicted octanol–water partition coefficient (Wildman–Crippen LogP) is 4.27. The molecule has 1 aliphatic heterocycles. The van der Waals surface area contributed by atoms with Crippen LogP contribution in [-0.4, -0.2) is 70.7 Å². The minimum Gasteiger partial charge on any atom is -0.371 e. The molecular weight excluding hydrogens is 499 g/mol. The van der Waals surface area contributed by atoms with Crippen LogP contribution in [0.1, 0.15) is 5.56 Å². The number of alkyl halides is 3. The van der Waals surface area contributed by atoms with Gasteiger partial charge in [-0.05, 0) is 49.5 Å². The standard InChI is InChI=1S/C25H26F3N9O/c1-29-22-21-23(31-14-30-22)37(15-32-21)19-5-3-17(4-6-19)33-24(38)34-18-11-16(25(26,27)28)12-20(13-18)36-9-7-35(2)8-10-36/h3-6,11-15H,7-10H2,1-2H3,(H,29,30,31)(H2,33,34,38). The van der Waals surface area contributed by atoms with Crippen molar-refractivity contribution in [2.24, 2.45) is 0 Å². The summed E-state index contributed by atoms with van der Waals surface area (Å²) in [6.45, 7) is 2.69. The number of hydrogen-bond acceptors (Lipinski definition) is 7. The molecule has 1 aliphatic rings. The Kier molecular flexibility index (Phi) is 6.76. The molecule has 4 aromatic rings. The maximum atomic E-state index is 13.6. The Morgan fingerprint density at radius 3 is 2.29 bits per heavy atom. The minimum absolute atomic E-state index is 0.0628. The molecule has 38 heavy (non-hydrogen) atoms. The van der Waals surface area contributed by atoms with E-state index in [2.05, 4.69) is 35.8 Å². The number of carbonyl (C=O) groups excluding carboxylic acids is 1. The van der Waals surface area contributed by atoms with E-state index in [1.807, 2.05) is 11.9 Å². The third-order valence-electron chi connectivity index (χ3n) is 6.34. The number of benzene rings is 2. The fourth-order valence-corrected chi connectivity index (χ4v) is 4.30. The molecule has 0 spiro atoms. The summed E-state index contributed by atoms with van der Waals surface area (Å²) in [6, 6.07) is 9.88. The fourth-order valence-electron chi connectivity index (χ4n) is 4.30. The number of aromatic nitrogens is 4. The van der Waals surface area contributed by atoms with Crippen molar-refractivity contribution in [3.8, 4) is 5.69 Å². The van der Waals surface area contributed by atoms with Crippen molar-refractivity contribution in [3.63, 3.8) is 0 Å². The molecule has 0 atom stereocenters. The molecule has 0 radical (unpaired) electrons. The second-order valence-corrected chi connectivity index (χ2v) is 8.94. The number of anilines is 4. The van der Waals surface area contributed by atoms with Gasteiger partial charge in [0.05, 0.1) is 5.56 Å². The molecule has 2 amide bonds. The summed E-state index contributed by atoms with van der Waals surface area (Å²) in [5, 5.41) is 8.19. The molecule has 13 heteroatoms. The fraction of sp³-hybridized carbons (Fsp3) is 0.280. The Hall–Kier alpha value is -4.39. The number of carbonyl (C=O) groups is 1. The van der Waals surface area contributed by atoms with E-state index >= 15 is 0 Å². The van der Waals surface area contributed by atoms with E-state index in [9.17, 15) is 18.0 Å². The number of nitrogens with one attached hydrogen (secondary N) is 3. The van der Waals surface area contributed by atoms with Crippen LogP contribution in [0.4, 0.5) is 40.8 Å². The van der Waals surface area contributed by atoms with Gasteiger partial charge in [0.25, 0.3) is 0 Å². The summed E-state index contributed by atoms with van der Waals surface area (Å²) < 4.78 is 42.5. The van der Waals surface area contributed by atoms with E-state index in [0.29, 0.717) is 41.4 Å². The van der Waals surface area contributed by atoms with Crippen LogP contribution in [0.25, 0.3) is 16.9 Å². The highest BCUT2D eigenvalue weighted by Gasteiger charge is 2.32. The predicted molar refractivity (Wildman–Crippen MR) is 140 cm³/mol. The minimum atomic E-state index is -4.54. The molecule has 2 aromatic carbocycles. The average Bonchev–Trinajstić information content (AvgIpc) is 3.33. The molecule has 1 fully saturated rings. The van der Waals surface area contributed by atoms with Crippen LogP contribution < -0.4 is 20.9 Å². The van der Waals surface area contributed by atoms with Crippen molar-refractivity contribution in [1.29, 1.82) is 0 Å². The number of nitrogens with zero attached hydrogens (tertiary/aromatic N) is 6. The Labute approximate surface area is 216 Å². The van der Waals surface area contributed by atoms with Crippen LogP contribution >= 0.6 is 0 Å². The van der Waals surface area contributed by atoms with Crippen LogP contribution in [-0.2, 0) is 6.18 Å². The number of halogens is 3. The molecule has 3 N–H and O–H groups in total. The van der Waals surface area contributed by atoms with Gasteiger partial charge in [0.15, 0.2) is 17.0 Å². The van der Waals surface area contributed by atoms with Crippen LogP contribution in [0.15, 0.2) is 55.1 Å². The van der Waals surface area contributed by atoms with Crippen LogP contribution in [0.3, 0.4) is 0 Å². The van der Waals surface area contributed by atoms with Gasteiger partial charge >= 0.3 is 12.2 Å². The summed E-state index contributed by atoms with van der Waals surface area (Å²) >= 11 is 0. The molecule has 5 rings (SSSR count). The van der Waals surface area contributed by atoms with Gasteiger partial charge < -0.3 is 25.8 Å². The molecule has 0 bridgehead atoms. The van der Waals surface area contributed by atoms with Gasteiger partial charge in [-0.15, -0.1) is 0 Å². The highest BCUT2D eigenvalue weighted by molar-refractivity contribution is 6.00. The normalized spacial score (nSPS) is 14.5. The zero-order valence-electron chi connectivity index (χ0n) is 20.8. The number of hydrogen-bond donors (Lipinski definition) is 3. The van der Waals surface area contributed by atoms with E-state index < -0.39 is 17.8 Å². The maximum absolute atomic E-state index is 13.6. The Morgan fingerprint density at radius 1 is 0.895 bits per heavy atom. The first-order valence-corrected chi connectivity index (χ1v) is 11.9. The topological polar surface area (TPSA) is 103 Å². The van der Waals surface area contributed by atoms with Gasteiger partial charge in [0, 0.05) is 56.0 Å². The van der Waals surface area contributed by atoms with Gasteiger partial charge in [0.1, 0.15) is 12.7 Å². The van der Waals surface area contributed by atoms with Crippen molar-refractivity contribution >= 4 is 40.1 Å². The maximum Gasteiger partial charge on any atom is 0.416 e. The lowest BCUT2D eigenvalue weighted by molar-refractivity contribution is -0.137. The number of rotatable bonds is 5. The molecular formula is C25H26F3N9O. The van der Waals surface area contributed by atoms with E-state index in [0.717, 1.165) is 30.9 Å². The Morgan fingerprint density at radius 2 is 1.61 bits per heavy atom. The monoisotopic (exact) mass is 525 g/mol. The summed E-state index contributed by atoms with van der Waals surface area (Å²) in [5.74, 6) is 0.606. The van der Waals surface area contributed by atoms with Gasteiger partial charge in [-0.1, -0.05) is 0 Å². The molecule has 1 saturated heterocycles. The summed E-state index contributed by atoms with van der Waals surface area (Å²) in [6.07, 6.45) is -1.47. The quantitative estimate of drug-likeness (QED) is 0.358. The lowest BCUT2D eigenvalue weighted by Crippen LogP contribution is -2.44. The number of likely N-dealkylation sites (N-methyl/N-ethyl adjacent to an activating group) is 1. The second kappa shape index (κ2) is 10.2. The van der Waals surface area contributed by atoms with Crippen LogP contribution in [0.2, 0.25) is 0 Å². The summed E-state index contributed by atoms with van der Waals surface area (Å²) in [7, 11) is 3.72. The molecule has 0 aliphatic carbocycles. The zero-order valence-corrected chi connectivity index (χ0v) is 20.8. The third-order valence-corrected chi connectivity index (χ3v) is 6.34. The number of urea groups is 1. The number of piperazine rings is 1. The average molecular weight is 526 g/mol. The van der Waals surface area contributed by atoms with Gasteiger partial charge in [-0.3, -0.25) is 4.57 Å². The molecule has 3 heterocycles. The molecule has 0 saturated carbocycles. The first kappa shape index (κ1) is 25.3. The van der Waals surface area contributed by atoms with Crippen molar-refractivity contribution < 1.29 is 18.0 Å². The molecule has 198 valence electrons. The third kappa shape index (κ3) is 5.32. The number of amides is 2. The molecule has 2 aromatic heterocycles. The molecule has 0 unspecified atom stereocenters. The first-order valence-electron chi connectivity index (χ1n) is 11.9. The van der Waals surface area contributed by atoms with Crippen molar-refractivity contribution in [2.45, 2.75) is 6.18 Å². The zero-order chi connectivity index (χ0) is 26.9. The van der Waals surface area contributed by atoms with Gasteiger partial charge in [-0.2, -0.15) is 13.2 Å². The summed E-state index contributed by atoms with van der Waals surface area (Å²) in [4.78, 5) is 29.5. The van der Waals surface area contributed by atoms with Gasteiger partial charge in [0.2, 0.25) is 0 Å². The Balaban J connectivity index is 1.31. The van der Waals surface area contributed by atoms with Crippen LogP contribution in [0.5, 0.6) is 0 Å². The van der Waals surface area contributed by atoms with Crippen molar-refractivity contribution in [1.82, 2.24) is 24.4 Å². The van der Waals surface area contributed by atoms with E-state index in [1.54, 1.807) is 48.3 Å². The van der Waals surface area contributed by atoms with Crippen molar-refractivity contribution in [2.75, 3.05) is 61.1 Å². The van der Waals surface area contributed by atoms with E-state index in [1.165, 1.54) is 6.33 Å². The summed E-state index contributed by atoms with van der Waals surface area (Å²) in [5.41, 5.74) is 2.13. The lowest BCUT2D eigenvalue weighted by atomic mass is 10.1. The highest BCUT2D eigenvalue weighted by Crippen LogP contribution is 2.35. The second-order valence-electron chi connectivity index (χ2n) is 8.94. The smallest absolute Gasteiger partial charge is 0.371 e. The first-order chi connectivity index (χ1) is 18.2. The number of imidazole rings is 1. The Bertz CT molecular complexity index is 1440. The van der Waals surface area contributed by atoms with E-state index in [-0.39, 0.29) is 5.69 Å². The SMILES string of the molecule is CNc1ncnc2c1ncn2-c1ccc(NC(=O)Nc2cc(N3CCN(C)CC3)cc(C(F)(F)F)c2)cc1. The van der Waals surface area contributed by atoms with E-state index in [4.69, 9.17) is 0 Å². The number of fused-ring (bicyclic) bond motifs is 1. The van der Waals surface area contributed by atoms with Crippen molar-refractivity contribution in [3.05, 3.63) is 60.7 Å². The van der Waals surface area contributed by atoms with Crippen LogP contribution in [0, 0.1) is 0 Å². The van der Waals surface area contributed by atoms with Gasteiger partial charge in [-0.25, -0.2) is 19.7 Å².